The third-order valence-electron chi connectivity index (χ3n) is 4.65. The summed E-state index contributed by atoms with van der Waals surface area (Å²) in [6.45, 7) is 0.953. The van der Waals surface area contributed by atoms with Gasteiger partial charge >= 0.3 is 0 Å². The molecule has 19 heavy (non-hydrogen) atoms. The Bertz CT molecular complexity index is 454. The first kappa shape index (κ1) is 12.5. The average molecular weight is 258 g/mol. The van der Waals surface area contributed by atoms with Crippen LogP contribution in [0.15, 0.2) is 24.3 Å². The molecule has 1 saturated heterocycles. The van der Waals surface area contributed by atoms with Gasteiger partial charge in [-0.15, -0.1) is 0 Å². The largest absolute Gasteiger partial charge is 0.399 e. The quantitative estimate of drug-likeness (QED) is 0.829. The van der Waals surface area contributed by atoms with E-state index in [4.69, 9.17) is 5.73 Å². The van der Waals surface area contributed by atoms with E-state index in [-0.39, 0.29) is 0 Å². The fourth-order valence-corrected chi connectivity index (χ4v) is 3.68. The predicted octanol–water partition coefficient (Wildman–Crippen LogP) is 2.60. The Morgan fingerprint density at radius 1 is 1.16 bits per heavy atom. The minimum atomic E-state index is 0.293. The third-order valence-corrected chi connectivity index (χ3v) is 4.65. The lowest BCUT2D eigenvalue weighted by Crippen LogP contribution is -2.46. The zero-order chi connectivity index (χ0) is 13.2. The number of nitrogens with zero attached hydrogens (tertiary/aromatic N) is 1. The number of piperidine rings is 1. The molecule has 1 amide bonds. The number of nitrogen functional groups attached to an aromatic ring is 1. The molecule has 1 aliphatic heterocycles. The number of hydrogen-bond donors (Lipinski definition) is 1. The second-order valence-corrected chi connectivity index (χ2v) is 5.91. The number of nitrogens with two attached hydrogens (primary N) is 1. The maximum atomic E-state index is 12.5. The molecule has 1 aromatic carbocycles. The Kier molecular flexibility index (Phi) is 3.45. The van der Waals surface area contributed by atoms with Crippen molar-refractivity contribution in [3.05, 3.63) is 29.8 Å². The number of benzene rings is 1. The van der Waals surface area contributed by atoms with Gasteiger partial charge in [0.2, 0.25) is 5.91 Å². The standard InChI is InChI=1S/C16H22N2O/c17-14-8-6-12(7-9-14)11-16(19)18-10-2-4-13-3-1-5-15(13)18/h6-9,13,15H,1-5,10-11,17H2. The van der Waals surface area contributed by atoms with Gasteiger partial charge in [-0.2, -0.15) is 0 Å². The van der Waals surface area contributed by atoms with Gasteiger partial charge in [-0.1, -0.05) is 18.6 Å². The Labute approximate surface area is 114 Å². The van der Waals surface area contributed by atoms with Crippen molar-refractivity contribution in [1.29, 1.82) is 0 Å². The maximum Gasteiger partial charge on any atom is 0.227 e. The zero-order valence-electron chi connectivity index (χ0n) is 11.3. The van der Waals surface area contributed by atoms with Gasteiger partial charge in [-0.05, 0) is 49.3 Å². The highest BCUT2D eigenvalue weighted by Gasteiger charge is 2.36. The maximum absolute atomic E-state index is 12.5. The lowest BCUT2D eigenvalue weighted by molar-refractivity contribution is -0.135. The van der Waals surface area contributed by atoms with Gasteiger partial charge in [0, 0.05) is 18.3 Å². The van der Waals surface area contributed by atoms with E-state index in [2.05, 4.69) is 4.90 Å². The molecule has 0 radical (unpaired) electrons. The van der Waals surface area contributed by atoms with Gasteiger partial charge in [-0.25, -0.2) is 0 Å². The smallest absolute Gasteiger partial charge is 0.227 e. The number of carbonyl (C=O) groups excluding carboxylic acids is 1. The van der Waals surface area contributed by atoms with Crippen molar-refractivity contribution < 1.29 is 4.79 Å². The van der Waals surface area contributed by atoms with Gasteiger partial charge in [0.05, 0.1) is 6.42 Å². The highest BCUT2D eigenvalue weighted by Crippen LogP contribution is 2.36. The number of carbonyl (C=O) groups is 1. The molecule has 2 aliphatic rings. The monoisotopic (exact) mass is 258 g/mol. The lowest BCUT2D eigenvalue weighted by Gasteiger charge is -2.38. The molecule has 2 fully saturated rings. The molecule has 0 aromatic heterocycles. The molecule has 2 N–H and O–H groups in total. The van der Waals surface area contributed by atoms with Crippen molar-refractivity contribution in [1.82, 2.24) is 4.90 Å². The molecular formula is C16H22N2O. The van der Waals surface area contributed by atoms with Crippen molar-refractivity contribution in [2.75, 3.05) is 12.3 Å². The van der Waals surface area contributed by atoms with E-state index >= 15 is 0 Å². The van der Waals surface area contributed by atoms with Gasteiger partial charge in [0.1, 0.15) is 0 Å². The van der Waals surface area contributed by atoms with Gasteiger partial charge < -0.3 is 10.6 Å². The zero-order valence-corrected chi connectivity index (χ0v) is 11.3. The molecule has 1 heterocycles. The van der Waals surface area contributed by atoms with E-state index in [0.717, 1.165) is 23.7 Å². The van der Waals surface area contributed by atoms with Crippen molar-refractivity contribution in [3.63, 3.8) is 0 Å². The third kappa shape index (κ3) is 2.60. The highest BCUT2D eigenvalue weighted by molar-refractivity contribution is 5.79. The molecule has 3 heteroatoms. The fourth-order valence-electron chi connectivity index (χ4n) is 3.68. The number of rotatable bonds is 2. The summed E-state index contributed by atoms with van der Waals surface area (Å²) >= 11 is 0. The molecule has 2 unspecified atom stereocenters. The van der Waals surface area contributed by atoms with Crippen LogP contribution < -0.4 is 5.73 Å². The molecule has 0 bridgehead atoms. The van der Waals surface area contributed by atoms with Crippen LogP contribution >= 0.6 is 0 Å². The second kappa shape index (κ2) is 5.24. The van der Waals surface area contributed by atoms with E-state index in [1.807, 2.05) is 24.3 Å². The van der Waals surface area contributed by atoms with Crippen LogP contribution in [0, 0.1) is 5.92 Å². The van der Waals surface area contributed by atoms with Crippen molar-refractivity contribution in [3.8, 4) is 0 Å². The Hall–Kier alpha value is -1.51. The van der Waals surface area contributed by atoms with Gasteiger partial charge in [0.15, 0.2) is 0 Å². The highest BCUT2D eigenvalue weighted by atomic mass is 16.2. The van der Waals surface area contributed by atoms with Crippen molar-refractivity contribution >= 4 is 11.6 Å². The molecule has 2 atom stereocenters. The number of anilines is 1. The van der Waals surface area contributed by atoms with E-state index in [1.165, 1.54) is 32.1 Å². The van der Waals surface area contributed by atoms with E-state index < -0.39 is 0 Å². The molecule has 0 spiro atoms. The summed E-state index contributed by atoms with van der Waals surface area (Å²) in [7, 11) is 0. The lowest BCUT2D eigenvalue weighted by atomic mass is 9.91. The van der Waals surface area contributed by atoms with E-state index in [0.29, 0.717) is 18.4 Å². The van der Waals surface area contributed by atoms with Crippen LogP contribution in [0.2, 0.25) is 0 Å². The summed E-state index contributed by atoms with van der Waals surface area (Å²) in [5.74, 6) is 1.06. The van der Waals surface area contributed by atoms with E-state index in [1.54, 1.807) is 0 Å². The second-order valence-electron chi connectivity index (χ2n) is 5.91. The Balaban J connectivity index is 1.67. The minimum absolute atomic E-state index is 0.293. The number of fused-ring (bicyclic) bond motifs is 1. The molecule has 1 aliphatic carbocycles. The van der Waals surface area contributed by atoms with Crippen LogP contribution in [0.3, 0.4) is 0 Å². The summed E-state index contributed by atoms with van der Waals surface area (Å²) in [5, 5.41) is 0. The van der Waals surface area contributed by atoms with E-state index in [9.17, 15) is 4.79 Å². The van der Waals surface area contributed by atoms with Crippen LogP contribution in [0.4, 0.5) is 5.69 Å². The predicted molar refractivity (Wildman–Crippen MR) is 76.6 cm³/mol. The molecule has 1 aromatic rings. The topological polar surface area (TPSA) is 46.3 Å². The molecule has 3 nitrogen and oxygen atoms in total. The summed E-state index contributed by atoms with van der Waals surface area (Å²) in [6, 6.07) is 8.19. The van der Waals surface area contributed by atoms with Crippen LogP contribution in [-0.2, 0) is 11.2 Å². The molecule has 3 rings (SSSR count). The Morgan fingerprint density at radius 2 is 1.89 bits per heavy atom. The normalized spacial score (nSPS) is 26.2. The Morgan fingerprint density at radius 3 is 2.68 bits per heavy atom. The first-order valence-corrected chi connectivity index (χ1v) is 7.38. The van der Waals surface area contributed by atoms with Crippen LogP contribution in [-0.4, -0.2) is 23.4 Å². The molecule has 1 saturated carbocycles. The molecular weight excluding hydrogens is 236 g/mol. The summed E-state index contributed by atoms with van der Waals surface area (Å²) < 4.78 is 0. The summed E-state index contributed by atoms with van der Waals surface area (Å²) in [5.41, 5.74) is 7.50. The van der Waals surface area contributed by atoms with Gasteiger partial charge in [-0.3, -0.25) is 4.79 Å². The van der Waals surface area contributed by atoms with Crippen molar-refractivity contribution in [2.45, 2.75) is 44.6 Å². The average Bonchev–Trinajstić information content (AvgIpc) is 2.89. The minimum Gasteiger partial charge on any atom is -0.399 e. The van der Waals surface area contributed by atoms with Crippen LogP contribution in [0.1, 0.15) is 37.7 Å². The fraction of sp³-hybridized carbons (Fsp3) is 0.562. The molecule has 102 valence electrons. The van der Waals surface area contributed by atoms with Crippen LogP contribution in [0.5, 0.6) is 0 Å². The first-order chi connectivity index (χ1) is 9.24. The summed E-state index contributed by atoms with van der Waals surface area (Å²) in [4.78, 5) is 14.6. The SMILES string of the molecule is Nc1ccc(CC(=O)N2CCCC3CCCC32)cc1. The number of hydrogen-bond acceptors (Lipinski definition) is 2. The first-order valence-electron chi connectivity index (χ1n) is 7.38. The van der Waals surface area contributed by atoms with Crippen LogP contribution in [0.25, 0.3) is 0 Å². The van der Waals surface area contributed by atoms with Crippen molar-refractivity contribution in [2.24, 2.45) is 5.92 Å². The number of likely N-dealkylation sites (tertiary alicyclic amines) is 1. The summed E-state index contributed by atoms with van der Waals surface area (Å²) in [6.07, 6.45) is 6.82. The number of amides is 1. The van der Waals surface area contributed by atoms with Gasteiger partial charge in [0.25, 0.3) is 0 Å².